The van der Waals surface area contributed by atoms with E-state index in [0.29, 0.717) is 0 Å². The molecular formula is C41H30. The minimum Gasteiger partial charge on any atom is -0.0757 e. The van der Waals surface area contributed by atoms with Gasteiger partial charge in [-0.1, -0.05) is 127 Å². The Balaban J connectivity index is 1.46. The molecule has 0 saturated carbocycles. The monoisotopic (exact) mass is 522 g/mol. The molecule has 41 heavy (non-hydrogen) atoms. The van der Waals surface area contributed by atoms with Crippen molar-refractivity contribution >= 4 is 44.5 Å². The van der Waals surface area contributed by atoms with Gasteiger partial charge in [-0.2, -0.15) is 0 Å². The second-order valence-corrected chi connectivity index (χ2v) is 11.2. The van der Waals surface area contributed by atoms with Crippen LogP contribution in [0, 0.1) is 6.92 Å². The van der Waals surface area contributed by atoms with Crippen molar-refractivity contribution in [3.05, 3.63) is 143 Å². The average Bonchev–Trinajstić information content (AvgIpc) is 3.04. The van der Waals surface area contributed by atoms with Crippen LogP contribution in [0.25, 0.3) is 77.9 Å². The van der Waals surface area contributed by atoms with Gasteiger partial charge in [-0.3, -0.25) is 0 Å². The lowest BCUT2D eigenvalue weighted by atomic mass is 9.84. The lowest BCUT2D eigenvalue weighted by Crippen LogP contribution is -2.29. The van der Waals surface area contributed by atoms with Gasteiger partial charge in [0, 0.05) is 0 Å². The molecule has 0 atom stereocenters. The highest BCUT2D eigenvalue weighted by Crippen LogP contribution is 2.44. The minimum absolute atomic E-state index is 1.08. The Bertz CT molecular complexity index is 2190. The Labute approximate surface area is 240 Å². The van der Waals surface area contributed by atoms with Crippen molar-refractivity contribution in [1.82, 2.24) is 0 Å². The third-order valence-corrected chi connectivity index (χ3v) is 8.81. The van der Waals surface area contributed by atoms with Crippen LogP contribution in [-0.4, -0.2) is 0 Å². The Hall–Kier alpha value is -4.94. The number of aryl methyl sites for hydroxylation is 1. The summed E-state index contributed by atoms with van der Waals surface area (Å²) >= 11 is 0. The van der Waals surface area contributed by atoms with Crippen LogP contribution in [0.15, 0.2) is 127 Å². The van der Waals surface area contributed by atoms with Crippen LogP contribution in [0.1, 0.15) is 18.4 Å². The van der Waals surface area contributed by atoms with Gasteiger partial charge in [0.1, 0.15) is 0 Å². The zero-order valence-electron chi connectivity index (χ0n) is 23.2. The summed E-state index contributed by atoms with van der Waals surface area (Å²) < 4.78 is 0. The number of benzene rings is 7. The minimum atomic E-state index is 1.08. The van der Waals surface area contributed by atoms with Gasteiger partial charge in [-0.15, -0.1) is 0 Å². The van der Waals surface area contributed by atoms with Crippen LogP contribution in [0.3, 0.4) is 0 Å². The predicted molar refractivity (Wildman–Crippen MR) is 177 cm³/mol. The predicted octanol–water partition coefficient (Wildman–Crippen LogP) is 9.81. The first-order chi connectivity index (χ1) is 20.3. The van der Waals surface area contributed by atoms with Gasteiger partial charge in [-0.05, 0) is 114 Å². The zero-order chi connectivity index (χ0) is 27.3. The van der Waals surface area contributed by atoms with E-state index < -0.39 is 0 Å². The first-order valence-corrected chi connectivity index (χ1v) is 14.6. The molecule has 0 aliphatic heterocycles. The van der Waals surface area contributed by atoms with Gasteiger partial charge in [0.2, 0.25) is 0 Å². The van der Waals surface area contributed by atoms with Gasteiger partial charge in [0.25, 0.3) is 0 Å². The van der Waals surface area contributed by atoms with Crippen LogP contribution < -0.4 is 10.4 Å². The SMILES string of the molecule is Cc1ccccc1-c1c2ccccc2c(-c2ccc3cc(-c4ccccc4)c4c(c3c2)=CCCC=4)c2ccccc12. The molecule has 1 aliphatic rings. The molecule has 0 bridgehead atoms. The maximum absolute atomic E-state index is 2.45. The normalized spacial score (nSPS) is 12.7. The van der Waals surface area contributed by atoms with Crippen LogP contribution in [-0.2, 0) is 0 Å². The second-order valence-electron chi connectivity index (χ2n) is 11.2. The molecule has 0 radical (unpaired) electrons. The first kappa shape index (κ1) is 23.9. The molecular weight excluding hydrogens is 492 g/mol. The summed E-state index contributed by atoms with van der Waals surface area (Å²) in [5.74, 6) is 0. The number of rotatable bonds is 3. The zero-order valence-corrected chi connectivity index (χ0v) is 23.2. The van der Waals surface area contributed by atoms with Crippen LogP contribution >= 0.6 is 0 Å². The summed E-state index contributed by atoms with van der Waals surface area (Å²) in [7, 11) is 0. The van der Waals surface area contributed by atoms with Gasteiger partial charge in [-0.25, -0.2) is 0 Å². The van der Waals surface area contributed by atoms with Gasteiger partial charge >= 0.3 is 0 Å². The molecule has 0 heteroatoms. The molecule has 0 spiro atoms. The molecule has 194 valence electrons. The van der Waals surface area contributed by atoms with Crippen molar-refractivity contribution < 1.29 is 0 Å². The summed E-state index contributed by atoms with van der Waals surface area (Å²) in [5, 5.41) is 10.6. The third kappa shape index (κ3) is 3.83. The van der Waals surface area contributed by atoms with Crippen LogP contribution in [0.5, 0.6) is 0 Å². The van der Waals surface area contributed by atoms with Crippen molar-refractivity contribution in [1.29, 1.82) is 0 Å². The van der Waals surface area contributed by atoms with E-state index in [-0.39, 0.29) is 0 Å². The molecule has 0 fully saturated rings. The summed E-state index contributed by atoms with van der Waals surface area (Å²) in [6.45, 7) is 2.22. The topological polar surface area (TPSA) is 0 Å². The standard InChI is InChI=1S/C41H30/c1-27-13-5-6-16-31(27)41-36-21-11-9-19-34(36)40(35-20-10-12-22-37(35)41)30-24-23-29-25-38(28-14-3-2-4-15-28)32-17-7-8-18-33(32)39(29)26-30/h2-6,9-26H,7-8H2,1H3. The van der Waals surface area contributed by atoms with E-state index in [2.05, 4.69) is 146 Å². The van der Waals surface area contributed by atoms with Gasteiger partial charge < -0.3 is 0 Å². The van der Waals surface area contributed by atoms with E-state index in [0.717, 1.165) is 12.8 Å². The molecule has 0 amide bonds. The highest BCUT2D eigenvalue weighted by molar-refractivity contribution is 6.22. The molecule has 0 saturated heterocycles. The van der Waals surface area contributed by atoms with E-state index in [4.69, 9.17) is 0 Å². The first-order valence-electron chi connectivity index (χ1n) is 14.6. The van der Waals surface area contributed by atoms with E-state index in [1.807, 2.05) is 0 Å². The number of hydrogen-bond acceptors (Lipinski definition) is 0. The summed E-state index contributed by atoms with van der Waals surface area (Å²) in [5.41, 5.74) is 9.13. The number of hydrogen-bond donors (Lipinski definition) is 0. The quantitative estimate of drug-likeness (QED) is 0.203. The lowest BCUT2D eigenvalue weighted by Gasteiger charge is -2.19. The van der Waals surface area contributed by atoms with Crippen LogP contribution in [0.4, 0.5) is 0 Å². The Morgan fingerprint density at radius 2 is 1.00 bits per heavy atom. The number of fused-ring (bicyclic) bond motifs is 5. The smallest absolute Gasteiger partial charge is 0.00237 e. The Kier molecular flexibility index (Phi) is 5.60. The fourth-order valence-corrected chi connectivity index (χ4v) is 6.93. The van der Waals surface area contributed by atoms with Crippen molar-refractivity contribution in [2.45, 2.75) is 19.8 Å². The molecule has 0 N–H and O–H groups in total. The van der Waals surface area contributed by atoms with Gasteiger partial charge in [0.15, 0.2) is 0 Å². The fraction of sp³-hybridized carbons (Fsp3) is 0.0732. The highest BCUT2D eigenvalue weighted by Gasteiger charge is 2.18. The van der Waals surface area contributed by atoms with E-state index in [1.54, 1.807) is 0 Å². The molecule has 7 aromatic rings. The molecule has 8 rings (SSSR count). The maximum Gasteiger partial charge on any atom is -0.00237 e. The largest absolute Gasteiger partial charge is 0.0757 e. The Morgan fingerprint density at radius 3 is 1.68 bits per heavy atom. The molecule has 1 aliphatic carbocycles. The van der Waals surface area contributed by atoms with Crippen LogP contribution in [0.2, 0.25) is 0 Å². The summed E-state index contributed by atoms with van der Waals surface area (Å²) in [6, 6.07) is 47.0. The van der Waals surface area contributed by atoms with Crippen molar-refractivity contribution in [3.8, 4) is 33.4 Å². The van der Waals surface area contributed by atoms with Crippen molar-refractivity contribution in [3.63, 3.8) is 0 Å². The summed E-state index contributed by atoms with van der Waals surface area (Å²) in [6.07, 6.45) is 7.06. The molecule has 0 heterocycles. The van der Waals surface area contributed by atoms with E-state index in [1.165, 1.54) is 81.7 Å². The van der Waals surface area contributed by atoms with E-state index >= 15 is 0 Å². The Morgan fingerprint density at radius 1 is 0.415 bits per heavy atom. The molecule has 0 unspecified atom stereocenters. The molecule has 0 nitrogen and oxygen atoms in total. The maximum atomic E-state index is 2.45. The highest BCUT2D eigenvalue weighted by atomic mass is 14.2. The fourth-order valence-electron chi connectivity index (χ4n) is 6.93. The molecule has 7 aromatic carbocycles. The van der Waals surface area contributed by atoms with Crippen molar-refractivity contribution in [2.75, 3.05) is 0 Å². The average molecular weight is 523 g/mol. The van der Waals surface area contributed by atoms with Crippen molar-refractivity contribution in [2.24, 2.45) is 0 Å². The second kappa shape index (κ2) is 9.61. The lowest BCUT2D eigenvalue weighted by molar-refractivity contribution is 1.12. The van der Waals surface area contributed by atoms with E-state index in [9.17, 15) is 0 Å². The third-order valence-electron chi connectivity index (χ3n) is 8.81. The van der Waals surface area contributed by atoms with Gasteiger partial charge in [0.05, 0.1) is 0 Å². The molecule has 0 aromatic heterocycles. The summed E-state index contributed by atoms with van der Waals surface area (Å²) in [4.78, 5) is 0.